The Hall–Kier alpha value is -3.16. The Morgan fingerprint density at radius 1 is 1.22 bits per heavy atom. The van der Waals surface area contributed by atoms with Gasteiger partial charge >= 0.3 is 11.9 Å². The second kappa shape index (κ2) is 6.73. The Labute approximate surface area is 131 Å². The van der Waals surface area contributed by atoms with Gasteiger partial charge in [0.05, 0.1) is 6.07 Å². The molecular formula is C15H14N2O6. The van der Waals surface area contributed by atoms with E-state index < -0.39 is 28.8 Å². The number of ether oxygens (including phenoxy) is 1. The zero-order valence-electron chi connectivity index (χ0n) is 12.4. The SMILES string of the molecule is Cc1ccc(NC(=O)[C@@H](C)OC(=O)c2ccc([N+](=O)[O-])o2)cc1. The highest BCUT2D eigenvalue weighted by Crippen LogP contribution is 2.17. The first kappa shape index (κ1) is 16.2. The van der Waals surface area contributed by atoms with Crippen molar-refractivity contribution in [2.75, 3.05) is 5.32 Å². The van der Waals surface area contributed by atoms with Crippen molar-refractivity contribution in [3.8, 4) is 0 Å². The van der Waals surface area contributed by atoms with Crippen molar-refractivity contribution in [2.24, 2.45) is 0 Å². The van der Waals surface area contributed by atoms with Gasteiger partial charge in [0.1, 0.15) is 4.92 Å². The third-order valence-corrected chi connectivity index (χ3v) is 2.95. The van der Waals surface area contributed by atoms with E-state index in [0.717, 1.165) is 17.7 Å². The molecule has 8 nitrogen and oxygen atoms in total. The van der Waals surface area contributed by atoms with Crippen molar-refractivity contribution in [1.29, 1.82) is 0 Å². The number of nitrogens with one attached hydrogen (secondary N) is 1. The molecule has 1 heterocycles. The summed E-state index contributed by atoms with van der Waals surface area (Å²) in [4.78, 5) is 33.4. The molecule has 2 rings (SSSR count). The molecule has 23 heavy (non-hydrogen) atoms. The van der Waals surface area contributed by atoms with Crippen LogP contribution < -0.4 is 5.32 Å². The molecule has 0 fully saturated rings. The zero-order chi connectivity index (χ0) is 17.0. The lowest BCUT2D eigenvalue weighted by atomic mass is 10.2. The van der Waals surface area contributed by atoms with Crippen LogP contribution in [-0.4, -0.2) is 22.9 Å². The Kier molecular flexibility index (Phi) is 4.75. The fourth-order valence-corrected chi connectivity index (χ4v) is 1.69. The van der Waals surface area contributed by atoms with Gasteiger partial charge in [0.25, 0.3) is 5.91 Å². The van der Waals surface area contributed by atoms with Crippen molar-refractivity contribution >= 4 is 23.4 Å². The minimum Gasteiger partial charge on any atom is -0.447 e. The summed E-state index contributed by atoms with van der Waals surface area (Å²) >= 11 is 0. The molecule has 120 valence electrons. The summed E-state index contributed by atoms with van der Waals surface area (Å²) in [5, 5.41) is 13.1. The molecule has 0 bridgehead atoms. The largest absolute Gasteiger partial charge is 0.447 e. The predicted octanol–water partition coefficient (Wildman–Crippen LogP) is 2.68. The first-order valence-corrected chi connectivity index (χ1v) is 6.69. The topological polar surface area (TPSA) is 112 Å². The summed E-state index contributed by atoms with van der Waals surface area (Å²) in [6, 6.07) is 9.25. The zero-order valence-corrected chi connectivity index (χ0v) is 12.4. The molecule has 1 aromatic heterocycles. The average molecular weight is 318 g/mol. The van der Waals surface area contributed by atoms with Gasteiger partial charge in [-0.1, -0.05) is 17.7 Å². The quantitative estimate of drug-likeness (QED) is 0.515. The number of nitro groups is 1. The standard InChI is InChI=1S/C15H14N2O6/c1-9-3-5-11(6-4-9)16-14(18)10(2)22-15(19)12-7-8-13(23-12)17(20)21/h3-8,10H,1-2H3,(H,16,18)/t10-/m1/s1. The summed E-state index contributed by atoms with van der Waals surface area (Å²) in [6.45, 7) is 3.30. The number of benzene rings is 1. The number of anilines is 1. The van der Waals surface area contributed by atoms with Crippen LogP contribution >= 0.6 is 0 Å². The van der Waals surface area contributed by atoms with Gasteiger partial charge < -0.3 is 14.5 Å². The number of furan rings is 1. The number of carbonyl (C=O) groups is 2. The normalized spacial score (nSPS) is 11.6. The summed E-state index contributed by atoms with van der Waals surface area (Å²) in [6.07, 6.45) is -1.09. The fourth-order valence-electron chi connectivity index (χ4n) is 1.69. The molecule has 0 saturated carbocycles. The second-order valence-electron chi connectivity index (χ2n) is 4.80. The third kappa shape index (κ3) is 4.16. The number of nitrogens with zero attached hydrogens (tertiary/aromatic N) is 1. The van der Waals surface area contributed by atoms with E-state index >= 15 is 0 Å². The van der Waals surface area contributed by atoms with E-state index in [1.54, 1.807) is 12.1 Å². The fraction of sp³-hybridized carbons (Fsp3) is 0.200. The number of rotatable bonds is 5. The van der Waals surface area contributed by atoms with Gasteiger partial charge in [-0.2, -0.15) is 0 Å². The third-order valence-electron chi connectivity index (χ3n) is 2.95. The van der Waals surface area contributed by atoms with E-state index in [4.69, 9.17) is 9.15 Å². The molecule has 0 unspecified atom stereocenters. The monoisotopic (exact) mass is 318 g/mol. The molecule has 1 atom stereocenters. The van der Waals surface area contributed by atoms with Gasteiger partial charge in [-0.3, -0.25) is 14.9 Å². The molecular weight excluding hydrogens is 304 g/mol. The molecule has 0 aliphatic heterocycles. The highest BCUT2D eigenvalue weighted by molar-refractivity contribution is 5.96. The second-order valence-corrected chi connectivity index (χ2v) is 4.80. The van der Waals surface area contributed by atoms with Crippen LogP contribution in [0.25, 0.3) is 0 Å². The van der Waals surface area contributed by atoms with E-state index in [-0.39, 0.29) is 5.76 Å². The molecule has 0 radical (unpaired) electrons. The Bertz CT molecular complexity index is 735. The van der Waals surface area contributed by atoms with Crippen LogP contribution in [0, 0.1) is 17.0 Å². The Balaban J connectivity index is 1.95. The molecule has 1 N–H and O–H groups in total. The van der Waals surface area contributed by atoms with Crippen LogP contribution in [0.4, 0.5) is 11.6 Å². The lowest BCUT2D eigenvalue weighted by Crippen LogP contribution is -2.29. The first-order valence-electron chi connectivity index (χ1n) is 6.69. The van der Waals surface area contributed by atoms with Gasteiger partial charge in [-0.25, -0.2) is 4.79 Å². The minimum absolute atomic E-state index is 0.341. The van der Waals surface area contributed by atoms with Gasteiger partial charge in [0, 0.05) is 5.69 Å². The van der Waals surface area contributed by atoms with Crippen molar-refractivity contribution < 1.29 is 23.7 Å². The summed E-state index contributed by atoms with van der Waals surface area (Å²) in [5.41, 5.74) is 1.61. The van der Waals surface area contributed by atoms with Gasteiger partial charge in [0.2, 0.25) is 5.76 Å². The van der Waals surface area contributed by atoms with Crippen molar-refractivity contribution in [3.05, 3.63) is 57.8 Å². The summed E-state index contributed by atoms with van der Waals surface area (Å²) < 4.78 is 9.63. The molecule has 0 spiro atoms. The maximum Gasteiger partial charge on any atom is 0.433 e. The molecule has 0 aliphatic carbocycles. The van der Waals surface area contributed by atoms with Gasteiger partial charge in [0.15, 0.2) is 6.10 Å². The van der Waals surface area contributed by atoms with Gasteiger partial charge in [-0.05, 0) is 32.0 Å². The number of hydrogen-bond donors (Lipinski definition) is 1. The summed E-state index contributed by atoms with van der Waals surface area (Å²) in [5.74, 6) is -2.40. The van der Waals surface area contributed by atoms with Crippen molar-refractivity contribution in [3.63, 3.8) is 0 Å². The first-order chi connectivity index (χ1) is 10.9. The summed E-state index contributed by atoms with van der Waals surface area (Å²) in [7, 11) is 0. The number of hydrogen-bond acceptors (Lipinski definition) is 6. The molecule has 8 heteroatoms. The average Bonchev–Trinajstić information content (AvgIpc) is 2.99. The number of aryl methyl sites for hydroxylation is 1. The van der Waals surface area contributed by atoms with Crippen LogP contribution in [0.15, 0.2) is 40.8 Å². The van der Waals surface area contributed by atoms with Crippen LogP contribution in [0.1, 0.15) is 23.0 Å². The Morgan fingerprint density at radius 3 is 2.43 bits per heavy atom. The van der Waals surface area contributed by atoms with Crippen LogP contribution in [0.2, 0.25) is 0 Å². The molecule has 1 amide bonds. The van der Waals surface area contributed by atoms with Gasteiger partial charge in [-0.15, -0.1) is 0 Å². The maximum atomic E-state index is 12.0. The number of carbonyl (C=O) groups excluding carboxylic acids is 2. The van der Waals surface area contributed by atoms with E-state index in [9.17, 15) is 19.7 Å². The predicted molar refractivity (Wildman–Crippen MR) is 80.0 cm³/mol. The van der Waals surface area contributed by atoms with Crippen LogP contribution in [0.3, 0.4) is 0 Å². The molecule has 2 aromatic rings. The lowest BCUT2D eigenvalue weighted by Gasteiger charge is -2.12. The van der Waals surface area contributed by atoms with E-state index in [2.05, 4.69) is 5.32 Å². The highest BCUT2D eigenvalue weighted by atomic mass is 16.7. The van der Waals surface area contributed by atoms with E-state index in [1.165, 1.54) is 6.92 Å². The van der Waals surface area contributed by atoms with E-state index in [1.807, 2.05) is 19.1 Å². The van der Waals surface area contributed by atoms with Crippen LogP contribution in [-0.2, 0) is 9.53 Å². The smallest absolute Gasteiger partial charge is 0.433 e. The van der Waals surface area contributed by atoms with Crippen molar-refractivity contribution in [1.82, 2.24) is 0 Å². The highest BCUT2D eigenvalue weighted by Gasteiger charge is 2.23. The van der Waals surface area contributed by atoms with E-state index in [0.29, 0.717) is 5.69 Å². The lowest BCUT2D eigenvalue weighted by molar-refractivity contribution is -0.402. The number of esters is 1. The Morgan fingerprint density at radius 2 is 1.87 bits per heavy atom. The minimum atomic E-state index is -1.09. The molecule has 0 aliphatic rings. The maximum absolute atomic E-state index is 12.0. The molecule has 0 saturated heterocycles. The molecule has 1 aromatic carbocycles. The van der Waals surface area contributed by atoms with Crippen LogP contribution in [0.5, 0.6) is 0 Å². The number of amides is 1. The van der Waals surface area contributed by atoms with Crippen molar-refractivity contribution in [2.45, 2.75) is 20.0 Å².